The van der Waals surface area contributed by atoms with Crippen LogP contribution >= 0.6 is 0 Å². The SMILES string of the molecule is c1cc2cc(-c3cn[nH]n3)cc(C3OCCCO3)c2o1. The van der Waals surface area contributed by atoms with Crippen molar-refractivity contribution >= 4 is 11.0 Å². The molecule has 0 aliphatic carbocycles. The molecule has 0 atom stereocenters. The van der Waals surface area contributed by atoms with Gasteiger partial charge in [0.15, 0.2) is 6.29 Å². The molecule has 1 aliphatic rings. The highest BCUT2D eigenvalue weighted by Gasteiger charge is 2.22. The summed E-state index contributed by atoms with van der Waals surface area (Å²) in [5.41, 5.74) is 3.43. The summed E-state index contributed by atoms with van der Waals surface area (Å²) in [5, 5.41) is 11.6. The van der Waals surface area contributed by atoms with E-state index < -0.39 is 0 Å². The largest absolute Gasteiger partial charge is 0.464 e. The van der Waals surface area contributed by atoms with Gasteiger partial charge in [0, 0.05) is 10.9 Å². The van der Waals surface area contributed by atoms with E-state index in [2.05, 4.69) is 15.4 Å². The summed E-state index contributed by atoms with van der Waals surface area (Å²) < 4.78 is 16.9. The Labute approximate surface area is 114 Å². The smallest absolute Gasteiger partial charge is 0.187 e. The number of fused-ring (bicyclic) bond motifs is 1. The Kier molecular flexibility index (Phi) is 2.75. The lowest BCUT2D eigenvalue weighted by molar-refractivity contribution is -0.182. The molecule has 1 aliphatic heterocycles. The highest BCUT2D eigenvalue weighted by molar-refractivity contribution is 5.85. The van der Waals surface area contributed by atoms with E-state index in [-0.39, 0.29) is 6.29 Å². The van der Waals surface area contributed by atoms with E-state index >= 15 is 0 Å². The number of aromatic amines is 1. The summed E-state index contributed by atoms with van der Waals surface area (Å²) in [6.07, 6.45) is 3.89. The molecular weight excluding hydrogens is 258 g/mol. The Morgan fingerprint density at radius 2 is 2.10 bits per heavy atom. The molecule has 3 heterocycles. The predicted molar refractivity (Wildman–Crippen MR) is 70.9 cm³/mol. The van der Waals surface area contributed by atoms with Gasteiger partial charge in [-0.3, -0.25) is 0 Å². The number of ether oxygens (including phenoxy) is 2. The minimum atomic E-state index is -0.385. The van der Waals surface area contributed by atoms with Crippen molar-refractivity contribution in [1.29, 1.82) is 0 Å². The second-order valence-corrected chi connectivity index (χ2v) is 4.69. The summed E-state index contributed by atoms with van der Waals surface area (Å²) >= 11 is 0. The van der Waals surface area contributed by atoms with Crippen LogP contribution < -0.4 is 0 Å². The van der Waals surface area contributed by atoms with E-state index in [1.807, 2.05) is 18.2 Å². The lowest BCUT2D eigenvalue weighted by Crippen LogP contribution is -2.17. The van der Waals surface area contributed by atoms with Crippen molar-refractivity contribution in [2.24, 2.45) is 0 Å². The standard InChI is InChI=1S/C14H13N3O3/c1-3-19-14(20-4-1)11-7-10(12-8-15-17-16-12)6-9-2-5-18-13(9)11/h2,5-8,14H,1,3-4H2,(H,15,16,17). The van der Waals surface area contributed by atoms with E-state index in [0.29, 0.717) is 13.2 Å². The van der Waals surface area contributed by atoms with Crippen molar-refractivity contribution < 1.29 is 13.9 Å². The van der Waals surface area contributed by atoms with Crippen molar-refractivity contribution in [3.05, 3.63) is 36.2 Å². The third-order valence-electron chi connectivity index (χ3n) is 3.37. The number of hydrogen-bond acceptors (Lipinski definition) is 5. The number of benzene rings is 1. The first kappa shape index (κ1) is 11.6. The van der Waals surface area contributed by atoms with Crippen LogP contribution in [0.15, 0.2) is 35.1 Å². The summed E-state index contributed by atoms with van der Waals surface area (Å²) in [6, 6.07) is 5.92. The number of nitrogens with one attached hydrogen (secondary N) is 1. The van der Waals surface area contributed by atoms with Crippen LogP contribution in [0.3, 0.4) is 0 Å². The zero-order valence-electron chi connectivity index (χ0n) is 10.7. The van der Waals surface area contributed by atoms with Crippen LogP contribution in [0.1, 0.15) is 18.3 Å². The van der Waals surface area contributed by atoms with Crippen molar-refractivity contribution in [1.82, 2.24) is 15.4 Å². The molecule has 0 unspecified atom stereocenters. The summed E-state index contributed by atoms with van der Waals surface area (Å²) in [4.78, 5) is 0. The highest BCUT2D eigenvalue weighted by atomic mass is 16.7. The zero-order chi connectivity index (χ0) is 13.4. The molecule has 0 saturated carbocycles. The van der Waals surface area contributed by atoms with Crippen LogP contribution in [0.4, 0.5) is 0 Å². The van der Waals surface area contributed by atoms with Crippen LogP contribution in [0.5, 0.6) is 0 Å². The van der Waals surface area contributed by atoms with Gasteiger partial charge >= 0.3 is 0 Å². The maximum atomic E-state index is 5.69. The van der Waals surface area contributed by atoms with Crippen molar-refractivity contribution in [3.8, 4) is 11.3 Å². The van der Waals surface area contributed by atoms with Crippen molar-refractivity contribution in [2.45, 2.75) is 12.7 Å². The number of nitrogens with zero attached hydrogens (tertiary/aromatic N) is 2. The number of furan rings is 1. The fraction of sp³-hybridized carbons (Fsp3) is 0.286. The average Bonchev–Trinajstić information content (AvgIpc) is 3.18. The van der Waals surface area contributed by atoms with Crippen LogP contribution in [-0.2, 0) is 9.47 Å². The predicted octanol–water partition coefficient (Wildman–Crippen LogP) is 2.65. The van der Waals surface area contributed by atoms with Gasteiger partial charge in [-0.1, -0.05) is 0 Å². The lowest BCUT2D eigenvalue weighted by atomic mass is 10.0. The van der Waals surface area contributed by atoms with Gasteiger partial charge in [-0.05, 0) is 24.6 Å². The highest BCUT2D eigenvalue weighted by Crippen LogP contribution is 2.34. The van der Waals surface area contributed by atoms with Gasteiger partial charge in [-0.2, -0.15) is 15.4 Å². The van der Waals surface area contributed by atoms with Gasteiger partial charge in [-0.25, -0.2) is 0 Å². The topological polar surface area (TPSA) is 73.2 Å². The molecule has 102 valence electrons. The van der Waals surface area contributed by atoms with Crippen molar-refractivity contribution in [2.75, 3.05) is 13.2 Å². The van der Waals surface area contributed by atoms with Gasteiger partial charge in [0.2, 0.25) is 0 Å². The molecule has 6 nitrogen and oxygen atoms in total. The van der Waals surface area contributed by atoms with E-state index in [0.717, 1.165) is 34.2 Å². The van der Waals surface area contributed by atoms with E-state index in [1.165, 1.54) is 0 Å². The van der Waals surface area contributed by atoms with Gasteiger partial charge in [0.25, 0.3) is 0 Å². The maximum absolute atomic E-state index is 5.69. The molecular formula is C14H13N3O3. The Balaban J connectivity index is 1.86. The molecule has 6 heteroatoms. The van der Waals surface area contributed by atoms with Crippen molar-refractivity contribution in [3.63, 3.8) is 0 Å². The Morgan fingerprint density at radius 1 is 1.20 bits per heavy atom. The molecule has 0 amide bonds. The second kappa shape index (κ2) is 4.73. The first-order valence-electron chi connectivity index (χ1n) is 6.52. The zero-order valence-corrected chi connectivity index (χ0v) is 10.7. The first-order valence-corrected chi connectivity index (χ1v) is 6.52. The first-order chi connectivity index (χ1) is 9.92. The molecule has 1 aromatic carbocycles. The fourth-order valence-electron chi connectivity index (χ4n) is 2.44. The van der Waals surface area contributed by atoms with Crippen LogP contribution in [-0.4, -0.2) is 28.6 Å². The molecule has 1 fully saturated rings. The quantitative estimate of drug-likeness (QED) is 0.775. The normalized spacial score (nSPS) is 16.8. The minimum Gasteiger partial charge on any atom is -0.464 e. The van der Waals surface area contributed by atoms with Crippen LogP contribution in [0, 0.1) is 0 Å². The van der Waals surface area contributed by atoms with Crippen LogP contribution in [0.25, 0.3) is 22.2 Å². The molecule has 0 bridgehead atoms. The molecule has 2 aromatic heterocycles. The van der Waals surface area contributed by atoms with Gasteiger partial charge in [0.1, 0.15) is 11.3 Å². The monoisotopic (exact) mass is 271 g/mol. The van der Waals surface area contributed by atoms with Crippen LogP contribution in [0.2, 0.25) is 0 Å². The molecule has 1 N–H and O–H groups in total. The number of H-pyrrole nitrogens is 1. The number of aromatic nitrogens is 3. The lowest BCUT2D eigenvalue weighted by Gasteiger charge is -2.23. The minimum absolute atomic E-state index is 0.385. The molecule has 3 aromatic rings. The molecule has 20 heavy (non-hydrogen) atoms. The van der Waals surface area contributed by atoms with E-state index in [1.54, 1.807) is 12.5 Å². The van der Waals surface area contributed by atoms with E-state index in [4.69, 9.17) is 13.9 Å². The Morgan fingerprint density at radius 3 is 2.90 bits per heavy atom. The fourth-order valence-corrected chi connectivity index (χ4v) is 2.44. The average molecular weight is 271 g/mol. The number of rotatable bonds is 2. The van der Waals surface area contributed by atoms with Gasteiger partial charge in [0.05, 0.1) is 31.2 Å². The van der Waals surface area contributed by atoms with Gasteiger partial charge < -0.3 is 13.9 Å². The summed E-state index contributed by atoms with van der Waals surface area (Å²) in [7, 11) is 0. The second-order valence-electron chi connectivity index (χ2n) is 4.69. The third kappa shape index (κ3) is 1.90. The van der Waals surface area contributed by atoms with E-state index in [9.17, 15) is 0 Å². The third-order valence-corrected chi connectivity index (χ3v) is 3.37. The Hall–Kier alpha value is -2.18. The summed E-state index contributed by atoms with van der Waals surface area (Å²) in [5.74, 6) is 0. The maximum Gasteiger partial charge on any atom is 0.187 e. The van der Waals surface area contributed by atoms with Gasteiger partial charge in [-0.15, -0.1) is 0 Å². The number of hydrogen-bond donors (Lipinski definition) is 1. The molecule has 4 rings (SSSR count). The Bertz CT molecular complexity index is 714. The summed E-state index contributed by atoms with van der Waals surface area (Å²) in [6.45, 7) is 1.39. The molecule has 0 spiro atoms. The molecule has 0 radical (unpaired) electrons. The molecule has 1 saturated heterocycles.